The SMILES string of the molecule is Cc1cc(C)n(-c2nc3c(c(=O)n2-c2ccc(O[C@H]4C[C@H](N)C4)nc2)C[C@@H](C)N(C(=O)c2ccc(Br)c(C(F)(F)F)c2)C3)n1. The Morgan fingerprint density at radius 1 is 1.14 bits per heavy atom. The summed E-state index contributed by atoms with van der Waals surface area (Å²) in [7, 11) is 0. The number of pyridine rings is 1. The number of carbonyl (C=O) groups is 1. The van der Waals surface area contributed by atoms with Crippen LogP contribution in [-0.4, -0.2) is 53.3 Å². The fraction of sp³-hybridized carbons (Fsp3) is 0.367. The van der Waals surface area contributed by atoms with Crippen LogP contribution in [0.4, 0.5) is 13.2 Å². The van der Waals surface area contributed by atoms with E-state index in [2.05, 4.69) is 26.0 Å². The monoisotopic (exact) mass is 671 g/mol. The Morgan fingerprint density at radius 2 is 1.89 bits per heavy atom. The molecule has 1 amide bonds. The number of halogens is 4. The summed E-state index contributed by atoms with van der Waals surface area (Å²) >= 11 is 2.92. The number of nitrogens with two attached hydrogens (primary N) is 1. The first-order valence-electron chi connectivity index (χ1n) is 14.0. The van der Waals surface area contributed by atoms with Crippen molar-refractivity contribution in [2.75, 3.05) is 0 Å². The van der Waals surface area contributed by atoms with E-state index in [1.165, 1.54) is 27.8 Å². The molecule has 1 aliphatic carbocycles. The van der Waals surface area contributed by atoms with Gasteiger partial charge in [0.05, 0.1) is 35.4 Å². The lowest BCUT2D eigenvalue weighted by atomic mass is 9.90. The van der Waals surface area contributed by atoms with Crippen LogP contribution in [0, 0.1) is 13.8 Å². The number of hydrogen-bond acceptors (Lipinski definition) is 7. The van der Waals surface area contributed by atoms with Gasteiger partial charge in [0.25, 0.3) is 11.5 Å². The van der Waals surface area contributed by atoms with Crippen LogP contribution >= 0.6 is 15.9 Å². The van der Waals surface area contributed by atoms with Crippen molar-refractivity contribution in [2.45, 2.75) is 70.9 Å². The summed E-state index contributed by atoms with van der Waals surface area (Å²) in [4.78, 5) is 38.4. The van der Waals surface area contributed by atoms with Crippen LogP contribution in [0.2, 0.25) is 0 Å². The fourth-order valence-electron chi connectivity index (χ4n) is 5.61. The van der Waals surface area contributed by atoms with Crippen molar-refractivity contribution >= 4 is 21.8 Å². The van der Waals surface area contributed by atoms with Gasteiger partial charge in [0, 0.05) is 39.4 Å². The van der Waals surface area contributed by atoms with Crippen LogP contribution < -0.4 is 16.0 Å². The minimum atomic E-state index is -4.64. The van der Waals surface area contributed by atoms with Crippen molar-refractivity contribution in [1.29, 1.82) is 0 Å². The molecule has 1 fully saturated rings. The smallest absolute Gasteiger partial charge is 0.417 e. The fourth-order valence-corrected chi connectivity index (χ4v) is 6.08. The lowest BCUT2D eigenvalue weighted by Gasteiger charge is -2.34. The highest BCUT2D eigenvalue weighted by Crippen LogP contribution is 2.36. The summed E-state index contributed by atoms with van der Waals surface area (Å²) < 4.78 is 49.4. The number of benzene rings is 1. The highest BCUT2D eigenvalue weighted by molar-refractivity contribution is 9.10. The number of alkyl halides is 3. The van der Waals surface area contributed by atoms with E-state index in [-0.39, 0.29) is 46.7 Å². The lowest BCUT2D eigenvalue weighted by Crippen LogP contribution is -2.46. The molecule has 0 unspecified atom stereocenters. The van der Waals surface area contributed by atoms with E-state index >= 15 is 0 Å². The predicted molar refractivity (Wildman–Crippen MR) is 158 cm³/mol. The van der Waals surface area contributed by atoms with Crippen LogP contribution in [0.25, 0.3) is 11.6 Å². The number of rotatable bonds is 5. The molecule has 6 rings (SSSR count). The van der Waals surface area contributed by atoms with Gasteiger partial charge in [0.15, 0.2) is 0 Å². The number of fused-ring (bicyclic) bond motifs is 1. The highest BCUT2D eigenvalue weighted by atomic mass is 79.9. The number of nitrogens with zero attached hydrogens (tertiary/aromatic N) is 6. The number of hydrogen-bond donors (Lipinski definition) is 1. The zero-order chi connectivity index (χ0) is 31.5. The molecular weight excluding hydrogens is 643 g/mol. The largest absolute Gasteiger partial charge is 0.474 e. The van der Waals surface area contributed by atoms with E-state index in [0.717, 1.165) is 24.6 Å². The van der Waals surface area contributed by atoms with E-state index < -0.39 is 23.7 Å². The zero-order valence-corrected chi connectivity index (χ0v) is 25.7. The molecule has 2 N–H and O–H groups in total. The van der Waals surface area contributed by atoms with Gasteiger partial charge >= 0.3 is 6.18 Å². The van der Waals surface area contributed by atoms with Crippen LogP contribution in [0.1, 0.15) is 58.3 Å². The van der Waals surface area contributed by atoms with Crippen molar-refractivity contribution in [3.63, 3.8) is 0 Å². The van der Waals surface area contributed by atoms with Gasteiger partial charge in [0.1, 0.15) is 6.10 Å². The molecule has 1 aromatic carbocycles. The van der Waals surface area contributed by atoms with Crippen molar-refractivity contribution in [2.24, 2.45) is 5.73 Å². The number of amides is 1. The summed E-state index contributed by atoms with van der Waals surface area (Å²) in [6.07, 6.45) is -1.44. The Labute approximate surface area is 258 Å². The molecule has 4 aromatic rings. The van der Waals surface area contributed by atoms with Crippen molar-refractivity contribution in [3.05, 3.63) is 91.2 Å². The first kappa shape index (κ1) is 30.0. The molecule has 230 valence electrons. The Hall–Kier alpha value is -4.04. The molecule has 44 heavy (non-hydrogen) atoms. The maximum atomic E-state index is 14.1. The average molecular weight is 673 g/mol. The van der Waals surface area contributed by atoms with E-state index in [1.807, 2.05) is 19.9 Å². The van der Waals surface area contributed by atoms with E-state index in [0.29, 0.717) is 28.5 Å². The summed E-state index contributed by atoms with van der Waals surface area (Å²) in [5.74, 6) is 0.0263. The van der Waals surface area contributed by atoms with Crippen molar-refractivity contribution in [1.82, 2.24) is 29.2 Å². The number of aromatic nitrogens is 5. The van der Waals surface area contributed by atoms with Crippen LogP contribution in [-0.2, 0) is 19.1 Å². The van der Waals surface area contributed by atoms with E-state index in [9.17, 15) is 22.8 Å². The Bertz CT molecular complexity index is 1810. The second kappa shape index (κ2) is 11.1. The average Bonchev–Trinajstić information content (AvgIpc) is 3.29. The highest BCUT2D eigenvalue weighted by Gasteiger charge is 2.36. The third kappa shape index (κ3) is 5.52. The zero-order valence-electron chi connectivity index (χ0n) is 24.1. The molecular formula is C30H29BrF3N7O3. The molecule has 0 saturated heterocycles. The van der Waals surface area contributed by atoms with E-state index in [4.69, 9.17) is 15.5 Å². The van der Waals surface area contributed by atoms with Gasteiger partial charge in [0.2, 0.25) is 11.8 Å². The van der Waals surface area contributed by atoms with E-state index in [1.54, 1.807) is 23.7 Å². The van der Waals surface area contributed by atoms with Gasteiger partial charge < -0.3 is 15.4 Å². The molecule has 1 aliphatic heterocycles. The number of carbonyl (C=O) groups excluding carboxylic acids is 1. The van der Waals surface area contributed by atoms with Gasteiger partial charge in [-0.05, 0) is 70.4 Å². The second-order valence-corrected chi connectivity index (χ2v) is 12.2. The van der Waals surface area contributed by atoms with Crippen molar-refractivity contribution < 1.29 is 22.7 Å². The minimum absolute atomic E-state index is 0.00588. The molecule has 0 spiro atoms. The number of ether oxygens (including phenoxy) is 1. The molecule has 0 bridgehead atoms. The lowest BCUT2D eigenvalue weighted by molar-refractivity contribution is -0.138. The van der Waals surface area contributed by atoms with Crippen LogP contribution in [0.3, 0.4) is 0 Å². The van der Waals surface area contributed by atoms with Gasteiger partial charge in [-0.1, -0.05) is 15.9 Å². The van der Waals surface area contributed by atoms with Crippen molar-refractivity contribution in [3.8, 4) is 17.5 Å². The van der Waals surface area contributed by atoms with Gasteiger partial charge in [-0.3, -0.25) is 9.59 Å². The number of aryl methyl sites for hydroxylation is 2. The minimum Gasteiger partial charge on any atom is -0.474 e. The molecule has 14 heteroatoms. The molecule has 0 radical (unpaired) electrons. The predicted octanol–water partition coefficient (Wildman–Crippen LogP) is 4.67. The summed E-state index contributed by atoms with van der Waals surface area (Å²) in [6.45, 7) is 5.34. The maximum Gasteiger partial charge on any atom is 0.417 e. The maximum absolute atomic E-state index is 14.1. The summed E-state index contributed by atoms with van der Waals surface area (Å²) in [5.41, 5.74) is 7.10. The molecule has 2 aliphatic rings. The summed E-state index contributed by atoms with van der Waals surface area (Å²) in [6, 6.07) is 8.28. The normalized spacial score (nSPS) is 19.8. The third-order valence-electron chi connectivity index (χ3n) is 7.97. The first-order valence-corrected chi connectivity index (χ1v) is 14.8. The van der Waals surface area contributed by atoms with Gasteiger partial charge in [-0.2, -0.15) is 18.3 Å². The van der Waals surface area contributed by atoms with Gasteiger partial charge in [-0.15, -0.1) is 0 Å². The Balaban J connectivity index is 1.39. The van der Waals surface area contributed by atoms with Crippen LogP contribution in [0.15, 0.2) is 51.9 Å². The molecule has 3 aromatic heterocycles. The standard InChI is InChI=1S/C30H29BrF3N7O3/c1-15-8-17(3)41(38-15)29-37-25-14-39(27(42)18-4-6-24(31)23(10-18)30(32,33)34)16(2)9-22(25)28(43)40(29)20-5-7-26(36-13-20)44-21-11-19(35)12-21/h4-8,10,13,16,19,21H,9,11-12,14,35H2,1-3H3/t16-,19-,21-/m1/s1. The molecule has 1 atom stereocenters. The van der Waals surface area contributed by atoms with Crippen LogP contribution in [0.5, 0.6) is 5.88 Å². The van der Waals surface area contributed by atoms with Gasteiger partial charge in [-0.25, -0.2) is 19.2 Å². The first-order chi connectivity index (χ1) is 20.8. The molecule has 1 saturated carbocycles. The third-order valence-corrected chi connectivity index (χ3v) is 8.66. The Morgan fingerprint density at radius 3 is 2.50 bits per heavy atom. The quantitative estimate of drug-likeness (QED) is 0.327. The molecule has 4 heterocycles. The topological polar surface area (TPSA) is 121 Å². The second-order valence-electron chi connectivity index (χ2n) is 11.3. The molecule has 10 nitrogen and oxygen atoms in total. The summed E-state index contributed by atoms with van der Waals surface area (Å²) in [5, 5.41) is 4.54. The Kier molecular flexibility index (Phi) is 7.60.